The maximum atomic E-state index is 12.2. The Hall–Kier alpha value is -0.830. The molecule has 0 rings (SSSR count). The summed E-state index contributed by atoms with van der Waals surface area (Å²) in [5.74, 6) is -2.11. The summed E-state index contributed by atoms with van der Waals surface area (Å²) >= 11 is 0. The van der Waals surface area contributed by atoms with Crippen LogP contribution < -0.4 is 0 Å². The Balaban J connectivity index is 4.88. The van der Waals surface area contributed by atoms with Crippen LogP contribution in [0.25, 0.3) is 0 Å². The van der Waals surface area contributed by atoms with E-state index in [1.54, 1.807) is 13.8 Å². The number of carboxylic acid groups (broad SMARTS) is 1. The molecule has 0 aliphatic heterocycles. The quantitative estimate of drug-likeness (QED) is 0.767. The standard InChI is InChI=1S/C9H16F3NO4S/c1-7(2)3-4-18(16,17)13(5-8(14)15)6-9(10,11)12/h7H,3-6H2,1-2H3,(H,14,15). The van der Waals surface area contributed by atoms with Crippen LogP contribution in [0.3, 0.4) is 0 Å². The first-order chi connectivity index (χ1) is 7.94. The highest BCUT2D eigenvalue weighted by atomic mass is 32.2. The average molecular weight is 291 g/mol. The third-order valence-electron chi connectivity index (χ3n) is 2.01. The van der Waals surface area contributed by atoms with Gasteiger partial charge in [-0.15, -0.1) is 0 Å². The maximum Gasteiger partial charge on any atom is 0.402 e. The molecule has 0 fully saturated rings. The van der Waals surface area contributed by atoms with Crippen molar-refractivity contribution in [2.75, 3.05) is 18.8 Å². The summed E-state index contributed by atoms with van der Waals surface area (Å²) < 4.78 is 59.7. The second-order valence-electron chi connectivity index (χ2n) is 4.28. The van der Waals surface area contributed by atoms with E-state index in [1.807, 2.05) is 0 Å². The van der Waals surface area contributed by atoms with Crippen LogP contribution in [0.1, 0.15) is 20.3 Å². The van der Waals surface area contributed by atoms with E-state index in [9.17, 15) is 26.4 Å². The van der Waals surface area contributed by atoms with E-state index in [0.717, 1.165) is 0 Å². The number of halogens is 3. The minimum atomic E-state index is -4.76. The van der Waals surface area contributed by atoms with Crippen molar-refractivity contribution in [3.8, 4) is 0 Å². The molecule has 0 spiro atoms. The summed E-state index contributed by atoms with van der Waals surface area (Å²) in [6.07, 6.45) is -4.59. The van der Waals surface area contributed by atoms with Gasteiger partial charge in [-0.3, -0.25) is 4.79 Å². The van der Waals surface area contributed by atoms with Crippen molar-refractivity contribution in [2.45, 2.75) is 26.4 Å². The van der Waals surface area contributed by atoms with Gasteiger partial charge in [-0.2, -0.15) is 17.5 Å². The molecule has 0 heterocycles. The highest BCUT2D eigenvalue weighted by Gasteiger charge is 2.37. The van der Waals surface area contributed by atoms with E-state index >= 15 is 0 Å². The molecule has 0 unspecified atom stereocenters. The van der Waals surface area contributed by atoms with Crippen LogP contribution >= 0.6 is 0 Å². The van der Waals surface area contributed by atoms with E-state index in [0.29, 0.717) is 0 Å². The van der Waals surface area contributed by atoms with Crippen molar-refractivity contribution < 1.29 is 31.5 Å². The van der Waals surface area contributed by atoms with Crippen LogP contribution in [0.5, 0.6) is 0 Å². The van der Waals surface area contributed by atoms with Crippen LogP contribution in [0.15, 0.2) is 0 Å². The molecule has 0 aromatic heterocycles. The third-order valence-corrected chi connectivity index (χ3v) is 3.81. The number of sulfonamides is 1. The highest BCUT2D eigenvalue weighted by molar-refractivity contribution is 7.89. The molecule has 0 aromatic rings. The third kappa shape index (κ3) is 7.49. The van der Waals surface area contributed by atoms with Crippen molar-refractivity contribution in [2.24, 2.45) is 5.92 Å². The van der Waals surface area contributed by atoms with E-state index in [4.69, 9.17) is 5.11 Å². The summed E-state index contributed by atoms with van der Waals surface area (Å²) in [6.45, 7) is 0.487. The van der Waals surface area contributed by atoms with Gasteiger partial charge in [0.2, 0.25) is 10.0 Å². The van der Waals surface area contributed by atoms with Gasteiger partial charge in [-0.25, -0.2) is 8.42 Å². The summed E-state index contributed by atoms with van der Waals surface area (Å²) in [5.41, 5.74) is 0. The van der Waals surface area contributed by atoms with Crippen LogP contribution in [0.2, 0.25) is 0 Å². The molecule has 18 heavy (non-hydrogen) atoms. The van der Waals surface area contributed by atoms with Gasteiger partial charge < -0.3 is 5.11 Å². The Morgan fingerprint density at radius 1 is 1.33 bits per heavy atom. The minimum absolute atomic E-state index is 0.00246. The molecule has 0 radical (unpaired) electrons. The first kappa shape index (κ1) is 17.2. The van der Waals surface area contributed by atoms with Gasteiger partial charge in [0.25, 0.3) is 0 Å². The van der Waals surface area contributed by atoms with Crippen molar-refractivity contribution >= 4 is 16.0 Å². The molecule has 108 valence electrons. The Morgan fingerprint density at radius 3 is 2.17 bits per heavy atom. The summed E-state index contributed by atoms with van der Waals surface area (Å²) in [5, 5.41) is 8.45. The number of carboxylic acids is 1. The molecular weight excluding hydrogens is 275 g/mol. The topological polar surface area (TPSA) is 74.7 Å². The number of rotatable bonds is 7. The van der Waals surface area contributed by atoms with Crippen molar-refractivity contribution in [3.63, 3.8) is 0 Å². The molecule has 0 aromatic carbocycles. The zero-order valence-corrected chi connectivity index (χ0v) is 10.9. The monoisotopic (exact) mass is 291 g/mol. The van der Waals surface area contributed by atoms with Crippen LogP contribution in [0, 0.1) is 5.92 Å². The van der Waals surface area contributed by atoms with Gasteiger partial charge in [-0.1, -0.05) is 13.8 Å². The lowest BCUT2D eigenvalue weighted by Crippen LogP contribution is -2.43. The zero-order valence-electron chi connectivity index (χ0n) is 10.1. The summed E-state index contributed by atoms with van der Waals surface area (Å²) in [7, 11) is -4.21. The average Bonchev–Trinajstić information content (AvgIpc) is 2.11. The fourth-order valence-electron chi connectivity index (χ4n) is 1.12. The molecule has 5 nitrogen and oxygen atoms in total. The normalized spacial score (nSPS) is 13.3. The number of hydrogen-bond acceptors (Lipinski definition) is 3. The molecule has 9 heteroatoms. The lowest BCUT2D eigenvalue weighted by molar-refractivity contribution is -0.146. The Morgan fingerprint density at radius 2 is 1.83 bits per heavy atom. The Bertz CT molecular complexity index is 378. The van der Waals surface area contributed by atoms with Gasteiger partial charge in [0.05, 0.1) is 5.75 Å². The van der Waals surface area contributed by atoms with Crippen LogP contribution in [0.4, 0.5) is 13.2 Å². The molecule has 0 amide bonds. The van der Waals surface area contributed by atoms with E-state index in [-0.39, 0.29) is 16.6 Å². The fourth-order valence-corrected chi connectivity index (χ4v) is 2.79. The van der Waals surface area contributed by atoms with Gasteiger partial charge in [0, 0.05) is 0 Å². The highest BCUT2D eigenvalue weighted by Crippen LogP contribution is 2.19. The zero-order chi connectivity index (χ0) is 14.6. The predicted molar refractivity (Wildman–Crippen MR) is 58.5 cm³/mol. The number of hydrogen-bond donors (Lipinski definition) is 1. The van der Waals surface area contributed by atoms with E-state index in [2.05, 4.69) is 0 Å². The molecule has 0 atom stereocenters. The predicted octanol–water partition coefficient (Wildman–Crippen LogP) is 1.31. The number of nitrogens with zero attached hydrogens (tertiary/aromatic N) is 1. The first-order valence-electron chi connectivity index (χ1n) is 5.20. The van der Waals surface area contributed by atoms with Gasteiger partial charge in [0.15, 0.2) is 0 Å². The largest absolute Gasteiger partial charge is 0.480 e. The molecule has 1 N–H and O–H groups in total. The molecule has 0 saturated carbocycles. The van der Waals surface area contributed by atoms with Crippen molar-refractivity contribution in [3.05, 3.63) is 0 Å². The van der Waals surface area contributed by atoms with Gasteiger partial charge >= 0.3 is 12.1 Å². The Labute approximate surface area is 104 Å². The molecule has 0 aliphatic carbocycles. The number of alkyl halides is 3. The first-order valence-corrected chi connectivity index (χ1v) is 6.81. The molecular formula is C9H16F3NO4S. The second-order valence-corrected chi connectivity index (χ2v) is 6.36. The second kappa shape index (κ2) is 6.37. The lowest BCUT2D eigenvalue weighted by atomic mass is 10.2. The smallest absolute Gasteiger partial charge is 0.402 e. The molecule has 0 aliphatic rings. The SMILES string of the molecule is CC(C)CCS(=O)(=O)N(CC(=O)O)CC(F)(F)F. The molecule has 0 saturated heterocycles. The van der Waals surface area contributed by atoms with E-state index in [1.165, 1.54) is 0 Å². The van der Waals surface area contributed by atoms with Gasteiger partial charge in [-0.05, 0) is 12.3 Å². The lowest BCUT2D eigenvalue weighted by Gasteiger charge is -2.22. The van der Waals surface area contributed by atoms with Crippen LogP contribution in [-0.4, -0.2) is 48.8 Å². The van der Waals surface area contributed by atoms with E-state index < -0.39 is 41.0 Å². The minimum Gasteiger partial charge on any atom is -0.480 e. The Kier molecular flexibility index (Phi) is 6.08. The summed E-state index contributed by atoms with van der Waals surface area (Å²) in [4.78, 5) is 10.4. The van der Waals surface area contributed by atoms with Gasteiger partial charge in [0.1, 0.15) is 13.1 Å². The molecule has 0 bridgehead atoms. The van der Waals surface area contributed by atoms with Crippen molar-refractivity contribution in [1.82, 2.24) is 4.31 Å². The maximum absolute atomic E-state index is 12.2. The number of aliphatic carboxylic acids is 1. The number of carbonyl (C=O) groups is 1. The summed E-state index contributed by atoms with van der Waals surface area (Å²) in [6, 6.07) is 0. The van der Waals surface area contributed by atoms with Crippen LogP contribution in [-0.2, 0) is 14.8 Å². The van der Waals surface area contributed by atoms with Crippen molar-refractivity contribution in [1.29, 1.82) is 0 Å². The fraction of sp³-hybridized carbons (Fsp3) is 0.889.